The third kappa shape index (κ3) is 3.99. The highest BCUT2D eigenvalue weighted by molar-refractivity contribution is 5.91. The molecule has 0 aliphatic carbocycles. The summed E-state index contributed by atoms with van der Waals surface area (Å²) in [5, 5.41) is 3.79. The van der Waals surface area contributed by atoms with E-state index in [1.807, 2.05) is 85.3 Å². The number of hydrogen-bond acceptors (Lipinski definition) is 2. The van der Waals surface area contributed by atoms with Gasteiger partial charge in [0.15, 0.2) is 0 Å². The van der Waals surface area contributed by atoms with Crippen LogP contribution in [0.15, 0.2) is 77.9 Å². The second-order valence-electron chi connectivity index (χ2n) is 7.35. The van der Waals surface area contributed by atoms with Gasteiger partial charge in [0.05, 0.1) is 0 Å². The molecule has 2 aromatic carbocycles. The highest BCUT2D eigenvalue weighted by Crippen LogP contribution is 2.17. The van der Waals surface area contributed by atoms with E-state index in [2.05, 4.69) is 5.32 Å². The summed E-state index contributed by atoms with van der Waals surface area (Å²) in [5.41, 5.74) is 4.39. The average molecular weight is 385 g/mol. The van der Waals surface area contributed by atoms with Crippen molar-refractivity contribution < 1.29 is 4.79 Å². The quantitative estimate of drug-likeness (QED) is 0.562. The van der Waals surface area contributed by atoms with Crippen molar-refractivity contribution in [2.45, 2.75) is 26.9 Å². The molecule has 0 atom stereocenters. The summed E-state index contributed by atoms with van der Waals surface area (Å²) in [6.07, 6.45) is 3.60. The number of nitrogens with one attached hydrogen (secondary N) is 1. The molecule has 146 valence electrons. The van der Waals surface area contributed by atoms with Gasteiger partial charge in [0.2, 0.25) is 5.91 Å². The van der Waals surface area contributed by atoms with E-state index < -0.39 is 0 Å². The fourth-order valence-electron chi connectivity index (χ4n) is 3.50. The van der Waals surface area contributed by atoms with Crippen LogP contribution in [0.3, 0.4) is 0 Å². The van der Waals surface area contributed by atoms with Gasteiger partial charge in [0.1, 0.15) is 12.1 Å². The Morgan fingerprint density at radius 3 is 2.41 bits per heavy atom. The van der Waals surface area contributed by atoms with Gasteiger partial charge in [-0.3, -0.25) is 9.59 Å². The summed E-state index contributed by atoms with van der Waals surface area (Å²) < 4.78 is 3.40. The maximum atomic E-state index is 13.1. The van der Waals surface area contributed by atoms with Crippen LogP contribution in [0.5, 0.6) is 0 Å². The Balaban J connectivity index is 1.60. The number of rotatable bonds is 5. The lowest BCUT2D eigenvalue weighted by Crippen LogP contribution is -2.28. The molecule has 0 fully saturated rings. The highest BCUT2D eigenvalue weighted by Gasteiger charge is 2.12. The van der Waals surface area contributed by atoms with Crippen LogP contribution in [0.1, 0.15) is 16.7 Å². The minimum absolute atomic E-state index is 0.0291. The molecule has 1 N–H and O–H groups in total. The molecule has 5 nitrogen and oxygen atoms in total. The lowest BCUT2D eigenvalue weighted by molar-refractivity contribution is -0.116. The predicted octanol–water partition coefficient (Wildman–Crippen LogP) is 4.11. The first kappa shape index (κ1) is 18.7. The van der Waals surface area contributed by atoms with Gasteiger partial charge in [-0.2, -0.15) is 0 Å². The molecule has 2 aromatic heterocycles. The van der Waals surface area contributed by atoms with Crippen LogP contribution in [-0.4, -0.2) is 15.0 Å². The SMILES string of the molecule is Cc1ccc(C)c(NC(=O)Cn2ccc3ccn(Cc4ccccc4)c3c2=O)c1. The van der Waals surface area contributed by atoms with Crippen molar-refractivity contribution in [1.29, 1.82) is 0 Å². The van der Waals surface area contributed by atoms with Gasteiger partial charge in [0.25, 0.3) is 5.56 Å². The van der Waals surface area contributed by atoms with E-state index in [4.69, 9.17) is 0 Å². The van der Waals surface area contributed by atoms with E-state index in [0.29, 0.717) is 12.1 Å². The Morgan fingerprint density at radius 1 is 0.931 bits per heavy atom. The second kappa shape index (κ2) is 7.80. The van der Waals surface area contributed by atoms with Gasteiger partial charge in [0, 0.05) is 30.0 Å². The minimum atomic E-state index is -0.221. The van der Waals surface area contributed by atoms with Crippen molar-refractivity contribution in [3.05, 3.63) is 100 Å². The minimum Gasteiger partial charge on any atom is -0.339 e. The van der Waals surface area contributed by atoms with Crippen LogP contribution in [0.4, 0.5) is 5.69 Å². The largest absolute Gasteiger partial charge is 0.339 e. The third-order valence-electron chi connectivity index (χ3n) is 5.07. The molecule has 4 aromatic rings. The molecule has 0 unspecified atom stereocenters. The normalized spacial score (nSPS) is 11.0. The van der Waals surface area contributed by atoms with Gasteiger partial charge in [-0.05, 0) is 48.7 Å². The lowest BCUT2D eigenvalue weighted by Gasteiger charge is -2.11. The lowest BCUT2D eigenvalue weighted by atomic mass is 10.1. The molecule has 0 aliphatic rings. The molecule has 0 aliphatic heterocycles. The Morgan fingerprint density at radius 2 is 1.66 bits per heavy atom. The number of nitrogens with zero attached hydrogens (tertiary/aromatic N) is 2. The summed E-state index contributed by atoms with van der Waals surface area (Å²) in [6, 6.07) is 19.7. The van der Waals surface area contributed by atoms with E-state index >= 15 is 0 Å². The van der Waals surface area contributed by atoms with Crippen LogP contribution in [0.25, 0.3) is 10.9 Å². The molecule has 0 saturated heterocycles. The molecular formula is C24H23N3O2. The second-order valence-corrected chi connectivity index (χ2v) is 7.35. The number of amides is 1. The van der Waals surface area contributed by atoms with Gasteiger partial charge in [-0.1, -0.05) is 42.5 Å². The summed E-state index contributed by atoms with van der Waals surface area (Å²) in [5.74, 6) is -0.221. The molecule has 1 amide bonds. The molecule has 0 spiro atoms. The molecule has 0 saturated carbocycles. The first-order valence-electron chi connectivity index (χ1n) is 9.60. The van der Waals surface area contributed by atoms with Crippen LogP contribution in [0.2, 0.25) is 0 Å². The number of aromatic nitrogens is 2. The average Bonchev–Trinajstić information content (AvgIpc) is 3.11. The topological polar surface area (TPSA) is 56.0 Å². The van der Waals surface area contributed by atoms with E-state index in [1.165, 1.54) is 4.57 Å². The highest BCUT2D eigenvalue weighted by atomic mass is 16.2. The summed E-state index contributed by atoms with van der Waals surface area (Å²) in [7, 11) is 0. The fourth-order valence-corrected chi connectivity index (χ4v) is 3.50. The number of benzene rings is 2. The number of hydrogen-bond donors (Lipinski definition) is 1. The standard InChI is InChI=1S/C24H23N3O2/c1-17-8-9-18(2)21(14-17)25-22(28)16-27-13-11-20-10-12-26(23(20)24(27)29)15-19-6-4-3-5-7-19/h3-14H,15-16H2,1-2H3,(H,25,28). The van der Waals surface area contributed by atoms with Gasteiger partial charge >= 0.3 is 0 Å². The van der Waals surface area contributed by atoms with Crippen LogP contribution < -0.4 is 10.9 Å². The van der Waals surface area contributed by atoms with E-state index in [9.17, 15) is 9.59 Å². The summed E-state index contributed by atoms with van der Waals surface area (Å²) in [4.78, 5) is 25.6. The first-order chi connectivity index (χ1) is 14.0. The van der Waals surface area contributed by atoms with E-state index in [0.717, 1.165) is 27.8 Å². The number of pyridine rings is 1. The van der Waals surface area contributed by atoms with Crippen LogP contribution in [-0.2, 0) is 17.9 Å². The van der Waals surface area contributed by atoms with E-state index in [1.54, 1.807) is 6.20 Å². The molecule has 4 rings (SSSR count). The van der Waals surface area contributed by atoms with Crippen molar-refractivity contribution in [2.75, 3.05) is 5.32 Å². The zero-order chi connectivity index (χ0) is 20.4. The van der Waals surface area contributed by atoms with Crippen molar-refractivity contribution in [3.63, 3.8) is 0 Å². The van der Waals surface area contributed by atoms with Crippen LogP contribution >= 0.6 is 0 Å². The third-order valence-corrected chi connectivity index (χ3v) is 5.07. The molecular weight excluding hydrogens is 362 g/mol. The zero-order valence-corrected chi connectivity index (χ0v) is 16.6. The summed E-state index contributed by atoms with van der Waals surface area (Å²) in [6.45, 7) is 4.51. The number of carbonyl (C=O) groups excluding carboxylic acids is 1. The van der Waals surface area contributed by atoms with Crippen molar-refractivity contribution in [2.24, 2.45) is 0 Å². The number of aryl methyl sites for hydroxylation is 2. The smallest absolute Gasteiger partial charge is 0.275 e. The van der Waals surface area contributed by atoms with Crippen LogP contribution in [0, 0.1) is 13.8 Å². The molecule has 0 radical (unpaired) electrons. The monoisotopic (exact) mass is 385 g/mol. The molecule has 2 heterocycles. The Kier molecular flexibility index (Phi) is 5.04. The van der Waals surface area contributed by atoms with E-state index in [-0.39, 0.29) is 18.0 Å². The Bertz CT molecular complexity index is 1240. The van der Waals surface area contributed by atoms with Gasteiger partial charge < -0.3 is 14.5 Å². The predicted molar refractivity (Wildman–Crippen MR) is 116 cm³/mol. The summed E-state index contributed by atoms with van der Waals surface area (Å²) >= 11 is 0. The number of fused-ring (bicyclic) bond motifs is 1. The zero-order valence-electron chi connectivity index (χ0n) is 16.6. The van der Waals surface area contributed by atoms with Crippen molar-refractivity contribution >= 4 is 22.5 Å². The van der Waals surface area contributed by atoms with Gasteiger partial charge in [-0.25, -0.2) is 0 Å². The number of carbonyl (C=O) groups is 1. The first-order valence-corrected chi connectivity index (χ1v) is 9.60. The van der Waals surface area contributed by atoms with Crippen molar-refractivity contribution in [1.82, 2.24) is 9.13 Å². The number of anilines is 1. The molecule has 29 heavy (non-hydrogen) atoms. The molecule has 5 heteroatoms. The fraction of sp³-hybridized carbons (Fsp3) is 0.167. The maximum Gasteiger partial charge on any atom is 0.275 e. The molecule has 0 bridgehead atoms. The Labute approximate surface area is 169 Å². The Hall–Kier alpha value is -3.60. The van der Waals surface area contributed by atoms with Crippen molar-refractivity contribution in [3.8, 4) is 0 Å². The van der Waals surface area contributed by atoms with Gasteiger partial charge in [-0.15, -0.1) is 0 Å². The maximum absolute atomic E-state index is 13.1.